The molecule has 0 aliphatic carbocycles. The summed E-state index contributed by atoms with van der Waals surface area (Å²) in [4.78, 5) is 25.8. The SMILES string of the molecule is COc1cc(Sc2nc3c([nH]2)c(=N)ncn3CCC2CCN(C=O)CC2)cc(OC)c1OC. The fourth-order valence-electron chi connectivity index (χ4n) is 4.07. The largest absolute Gasteiger partial charge is 0.493 e. The number of H-pyrrole nitrogens is 1. The Balaban J connectivity index is 1.55. The van der Waals surface area contributed by atoms with Crippen LogP contribution in [0.4, 0.5) is 0 Å². The summed E-state index contributed by atoms with van der Waals surface area (Å²) in [7, 11) is 4.73. The van der Waals surface area contributed by atoms with Crippen molar-refractivity contribution in [3.05, 3.63) is 23.9 Å². The van der Waals surface area contributed by atoms with Crippen LogP contribution < -0.4 is 19.7 Å². The van der Waals surface area contributed by atoms with Crippen molar-refractivity contribution in [2.75, 3.05) is 34.4 Å². The Morgan fingerprint density at radius 1 is 1.18 bits per heavy atom. The highest BCUT2D eigenvalue weighted by atomic mass is 32.2. The Labute approximate surface area is 195 Å². The Morgan fingerprint density at radius 3 is 2.48 bits per heavy atom. The van der Waals surface area contributed by atoms with E-state index in [1.807, 2.05) is 21.6 Å². The van der Waals surface area contributed by atoms with Gasteiger partial charge in [-0.25, -0.2) is 9.97 Å². The average molecular weight is 473 g/mol. The quantitative estimate of drug-likeness (QED) is 0.460. The first-order valence-electron chi connectivity index (χ1n) is 10.7. The Kier molecular flexibility index (Phi) is 7.07. The minimum atomic E-state index is 0.157. The standard InChI is InChI=1S/C22H28N6O4S/c1-30-16-10-15(11-17(31-2)19(16)32-3)33-22-25-18-20(23)24-12-28(21(18)26-22)9-6-14-4-7-27(13-29)8-5-14/h10-14,23H,4-9H2,1-3H3,(H,25,26). The number of aromatic amines is 1. The van der Waals surface area contributed by atoms with Gasteiger partial charge in [0.05, 0.1) is 27.7 Å². The first-order chi connectivity index (χ1) is 16.1. The predicted octanol–water partition coefficient (Wildman–Crippen LogP) is 2.67. The lowest BCUT2D eigenvalue weighted by Gasteiger charge is -2.29. The van der Waals surface area contributed by atoms with Gasteiger partial charge in [-0.2, -0.15) is 0 Å². The number of fused-ring (bicyclic) bond motifs is 1. The van der Waals surface area contributed by atoms with Crippen molar-refractivity contribution in [3.63, 3.8) is 0 Å². The second-order valence-corrected chi connectivity index (χ2v) is 8.93. The number of piperidine rings is 1. The predicted molar refractivity (Wildman–Crippen MR) is 123 cm³/mol. The molecule has 1 fully saturated rings. The summed E-state index contributed by atoms with van der Waals surface area (Å²) in [5, 5.41) is 8.85. The van der Waals surface area contributed by atoms with Crippen molar-refractivity contribution in [2.24, 2.45) is 5.92 Å². The van der Waals surface area contributed by atoms with E-state index >= 15 is 0 Å². The van der Waals surface area contributed by atoms with Crippen LogP contribution in [0.25, 0.3) is 11.2 Å². The average Bonchev–Trinajstić information content (AvgIpc) is 3.28. The van der Waals surface area contributed by atoms with Gasteiger partial charge in [0.2, 0.25) is 12.2 Å². The van der Waals surface area contributed by atoms with Crippen molar-refractivity contribution >= 4 is 29.3 Å². The van der Waals surface area contributed by atoms with Crippen LogP contribution >= 0.6 is 11.8 Å². The highest BCUT2D eigenvalue weighted by Gasteiger charge is 2.19. The molecule has 1 aromatic carbocycles. The molecule has 176 valence electrons. The summed E-state index contributed by atoms with van der Waals surface area (Å²) in [5.74, 6) is 2.22. The van der Waals surface area contributed by atoms with Crippen LogP contribution in [0.3, 0.4) is 0 Å². The van der Waals surface area contributed by atoms with E-state index < -0.39 is 0 Å². The number of aryl methyl sites for hydroxylation is 1. The van der Waals surface area contributed by atoms with Gasteiger partial charge < -0.3 is 28.7 Å². The summed E-state index contributed by atoms with van der Waals surface area (Å²) in [6, 6.07) is 3.72. The molecule has 1 amide bonds. The summed E-state index contributed by atoms with van der Waals surface area (Å²) < 4.78 is 18.3. The molecule has 1 saturated heterocycles. The third-order valence-electron chi connectivity index (χ3n) is 5.93. The lowest BCUT2D eigenvalue weighted by atomic mass is 9.94. The van der Waals surface area contributed by atoms with Gasteiger partial charge in [-0.15, -0.1) is 0 Å². The molecule has 11 heteroatoms. The van der Waals surface area contributed by atoms with Gasteiger partial charge in [0.25, 0.3) is 0 Å². The highest BCUT2D eigenvalue weighted by molar-refractivity contribution is 7.99. The second kappa shape index (κ2) is 10.2. The summed E-state index contributed by atoms with van der Waals surface area (Å²) in [6.07, 6.45) is 5.61. The van der Waals surface area contributed by atoms with Crippen LogP contribution in [0.15, 0.2) is 28.5 Å². The number of methoxy groups -OCH3 is 3. The van der Waals surface area contributed by atoms with E-state index in [1.54, 1.807) is 27.7 Å². The number of carbonyl (C=O) groups excluding carboxylic acids is 1. The summed E-state index contributed by atoms with van der Waals surface area (Å²) in [5.41, 5.74) is 1.46. The van der Waals surface area contributed by atoms with Gasteiger partial charge in [-0.1, -0.05) is 11.8 Å². The van der Waals surface area contributed by atoms with Gasteiger partial charge in [-0.3, -0.25) is 10.2 Å². The lowest BCUT2D eigenvalue weighted by molar-refractivity contribution is -0.119. The van der Waals surface area contributed by atoms with Crippen molar-refractivity contribution in [1.29, 1.82) is 5.41 Å². The van der Waals surface area contributed by atoms with Crippen LogP contribution in [0, 0.1) is 11.3 Å². The van der Waals surface area contributed by atoms with E-state index in [2.05, 4.69) is 9.97 Å². The number of nitrogens with one attached hydrogen (secondary N) is 2. The van der Waals surface area contributed by atoms with Crippen molar-refractivity contribution < 1.29 is 19.0 Å². The van der Waals surface area contributed by atoms with Crippen molar-refractivity contribution in [3.8, 4) is 17.2 Å². The molecule has 0 bridgehead atoms. The molecule has 1 aliphatic heterocycles. The van der Waals surface area contributed by atoms with Crippen molar-refractivity contribution in [1.82, 2.24) is 24.4 Å². The maximum Gasteiger partial charge on any atom is 0.209 e. The molecule has 3 heterocycles. The molecule has 10 nitrogen and oxygen atoms in total. The topological polar surface area (TPSA) is 118 Å². The lowest BCUT2D eigenvalue weighted by Crippen LogP contribution is -2.32. The molecule has 33 heavy (non-hydrogen) atoms. The number of hydrogen-bond acceptors (Lipinski definition) is 8. The molecule has 4 rings (SSSR count). The normalized spacial score (nSPS) is 14.5. The number of ether oxygens (including phenoxy) is 3. The Morgan fingerprint density at radius 2 is 1.88 bits per heavy atom. The molecule has 2 N–H and O–H groups in total. The minimum absolute atomic E-state index is 0.157. The summed E-state index contributed by atoms with van der Waals surface area (Å²) >= 11 is 1.41. The molecule has 0 radical (unpaired) electrons. The highest BCUT2D eigenvalue weighted by Crippen LogP contribution is 2.42. The van der Waals surface area contributed by atoms with E-state index in [4.69, 9.17) is 24.6 Å². The third kappa shape index (κ3) is 4.92. The number of hydrogen-bond donors (Lipinski definition) is 2. The van der Waals surface area contributed by atoms with Crippen LogP contribution in [0.2, 0.25) is 0 Å². The Bertz CT molecular complexity index is 1160. The van der Waals surface area contributed by atoms with E-state index in [1.165, 1.54) is 11.8 Å². The zero-order chi connectivity index (χ0) is 23.4. The zero-order valence-corrected chi connectivity index (χ0v) is 19.8. The number of carbonyl (C=O) groups is 1. The number of amides is 1. The number of imidazole rings is 1. The van der Waals surface area contributed by atoms with E-state index in [0.29, 0.717) is 39.5 Å². The van der Waals surface area contributed by atoms with E-state index in [-0.39, 0.29) is 5.49 Å². The first kappa shape index (κ1) is 23.0. The maximum atomic E-state index is 10.9. The molecular formula is C22H28N6O4S. The molecule has 3 aromatic rings. The zero-order valence-electron chi connectivity index (χ0n) is 19.0. The third-order valence-corrected chi connectivity index (χ3v) is 6.79. The van der Waals surface area contributed by atoms with Gasteiger partial charge in [0.1, 0.15) is 5.52 Å². The van der Waals surface area contributed by atoms with E-state index in [9.17, 15) is 4.79 Å². The molecule has 0 spiro atoms. The van der Waals surface area contributed by atoms with Crippen LogP contribution in [0.5, 0.6) is 17.2 Å². The Hall–Kier alpha value is -3.21. The van der Waals surface area contributed by atoms with Gasteiger partial charge in [0.15, 0.2) is 27.8 Å². The number of likely N-dealkylation sites (tertiary alicyclic amines) is 1. The number of rotatable bonds is 9. The molecule has 0 unspecified atom stereocenters. The minimum Gasteiger partial charge on any atom is -0.493 e. The molecular weight excluding hydrogens is 444 g/mol. The van der Waals surface area contributed by atoms with Gasteiger partial charge >= 0.3 is 0 Å². The number of nitrogens with zero attached hydrogens (tertiary/aromatic N) is 4. The molecule has 1 aliphatic rings. The van der Waals surface area contributed by atoms with Gasteiger partial charge in [0, 0.05) is 24.5 Å². The van der Waals surface area contributed by atoms with Crippen molar-refractivity contribution in [2.45, 2.75) is 35.9 Å². The maximum absolute atomic E-state index is 10.9. The molecule has 0 saturated carbocycles. The van der Waals surface area contributed by atoms with Crippen LogP contribution in [-0.2, 0) is 11.3 Å². The molecule has 2 aromatic heterocycles. The first-order valence-corrected chi connectivity index (χ1v) is 11.5. The fourth-order valence-corrected chi connectivity index (χ4v) is 4.91. The monoisotopic (exact) mass is 472 g/mol. The second-order valence-electron chi connectivity index (χ2n) is 7.86. The smallest absolute Gasteiger partial charge is 0.209 e. The fraction of sp³-hybridized carbons (Fsp3) is 0.455. The number of benzene rings is 1. The summed E-state index contributed by atoms with van der Waals surface area (Å²) in [6.45, 7) is 2.39. The number of aromatic nitrogens is 4. The molecule has 0 atom stereocenters. The van der Waals surface area contributed by atoms with Crippen LogP contribution in [0.1, 0.15) is 19.3 Å². The van der Waals surface area contributed by atoms with Crippen LogP contribution in [-0.4, -0.2) is 65.2 Å². The van der Waals surface area contributed by atoms with Gasteiger partial charge in [-0.05, 0) is 37.3 Å². The van der Waals surface area contributed by atoms with E-state index in [0.717, 1.165) is 50.2 Å².